The van der Waals surface area contributed by atoms with Crippen molar-refractivity contribution in [1.29, 1.82) is 0 Å². The molecule has 140 valence electrons. The summed E-state index contributed by atoms with van der Waals surface area (Å²) in [5.41, 5.74) is 1.19. The molecule has 4 rings (SSSR count). The minimum absolute atomic E-state index is 0.0786. The van der Waals surface area contributed by atoms with Crippen molar-refractivity contribution in [3.8, 4) is 0 Å². The van der Waals surface area contributed by atoms with Gasteiger partial charge in [-0.15, -0.1) is 0 Å². The molecule has 5 heteroatoms. The molecule has 0 N–H and O–H groups in total. The molecule has 2 amide bonds. The van der Waals surface area contributed by atoms with Gasteiger partial charge in [0.05, 0.1) is 6.61 Å². The maximum absolute atomic E-state index is 12.6. The summed E-state index contributed by atoms with van der Waals surface area (Å²) in [5, 5.41) is 0. The van der Waals surface area contributed by atoms with Crippen molar-refractivity contribution >= 4 is 11.8 Å². The van der Waals surface area contributed by atoms with Crippen LogP contribution in [0.15, 0.2) is 30.3 Å². The highest BCUT2D eigenvalue weighted by molar-refractivity contribution is 5.79. The van der Waals surface area contributed by atoms with Gasteiger partial charge < -0.3 is 14.5 Å². The van der Waals surface area contributed by atoms with Crippen LogP contribution in [0, 0.1) is 5.41 Å². The molecule has 0 bridgehead atoms. The lowest BCUT2D eigenvalue weighted by atomic mass is 9.73. The van der Waals surface area contributed by atoms with E-state index in [1.54, 1.807) is 0 Å². The summed E-state index contributed by atoms with van der Waals surface area (Å²) in [4.78, 5) is 28.9. The minimum Gasteiger partial charge on any atom is -0.367 e. The Kier molecular flexibility index (Phi) is 4.98. The van der Waals surface area contributed by atoms with E-state index in [1.807, 2.05) is 35.2 Å². The van der Waals surface area contributed by atoms with Gasteiger partial charge in [-0.1, -0.05) is 30.3 Å². The fraction of sp³-hybridized carbons (Fsp3) is 0.619. The molecule has 3 aliphatic rings. The standard InChI is InChI=1S/C21H28N2O3/c24-19-9-11-21(16-23(19)18-7-8-18)10-4-12-22(15-21)20(25)14-26-13-17-5-2-1-3-6-17/h1-3,5-6,18H,4,7-16H2/t21-/m1/s1. The number of benzene rings is 1. The maximum atomic E-state index is 12.6. The molecule has 0 aromatic heterocycles. The highest BCUT2D eigenvalue weighted by Gasteiger charge is 2.46. The fourth-order valence-corrected chi connectivity index (χ4v) is 4.44. The molecule has 1 aromatic carbocycles. The van der Waals surface area contributed by atoms with Gasteiger partial charge in [-0.05, 0) is 37.7 Å². The van der Waals surface area contributed by atoms with Gasteiger partial charge in [-0.2, -0.15) is 0 Å². The molecular weight excluding hydrogens is 328 g/mol. The monoisotopic (exact) mass is 356 g/mol. The van der Waals surface area contributed by atoms with Gasteiger partial charge in [0.2, 0.25) is 11.8 Å². The van der Waals surface area contributed by atoms with E-state index in [0.717, 1.165) is 57.3 Å². The smallest absolute Gasteiger partial charge is 0.248 e. The molecule has 2 heterocycles. The number of hydrogen-bond donors (Lipinski definition) is 0. The Bertz CT molecular complexity index is 658. The third kappa shape index (κ3) is 3.93. The van der Waals surface area contributed by atoms with Gasteiger partial charge in [0.25, 0.3) is 0 Å². The zero-order valence-corrected chi connectivity index (χ0v) is 15.4. The first-order chi connectivity index (χ1) is 12.7. The van der Waals surface area contributed by atoms with Crippen LogP contribution in [0.5, 0.6) is 0 Å². The maximum Gasteiger partial charge on any atom is 0.248 e. The van der Waals surface area contributed by atoms with E-state index in [-0.39, 0.29) is 17.9 Å². The molecule has 0 unspecified atom stereocenters. The molecule has 2 aliphatic heterocycles. The largest absolute Gasteiger partial charge is 0.367 e. The van der Waals surface area contributed by atoms with Crippen molar-refractivity contribution in [1.82, 2.24) is 9.80 Å². The lowest BCUT2D eigenvalue weighted by Crippen LogP contribution is -2.56. The lowest BCUT2D eigenvalue weighted by Gasteiger charge is -2.48. The Balaban J connectivity index is 1.31. The first-order valence-corrected chi connectivity index (χ1v) is 9.84. The summed E-state index contributed by atoms with van der Waals surface area (Å²) in [6, 6.07) is 10.4. The summed E-state index contributed by atoms with van der Waals surface area (Å²) in [6.07, 6.45) is 6.01. The van der Waals surface area contributed by atoms with E-state index >= 15 is 0 Å². The number of carbonyl (C=O) groups is 2. The number of likely N-dealkylation sites (tertiary alicyclic amines) is 2. The van der Waals surface area contributed by atoms with Gasteiger partial charge in [-0.25, -0.2) is 0 Å². The van der Waals surface area contributed by atoms with Crippen LogP contribution in [0.1, 0.15) is 44.1 Å². The third-order valence-corrected chi connectivity index (χ3v) is 6.03. The molecule has 1 aromatic rings. The van der Waals surface area contributed by atoms with Crippen molar-refractivity contribution in [2.24, 2.45) is 5.41 Å². The summed E-state index contributed by atoms with van der Waals surface area (Å²) in [7, 11) is 0. The number of amides is 2. The van der Waals surface area contributed by atoms with E-state index in [4.69, 9.17) is 4.74 Å². The van der Waals surface area contributed by atoms with E-state index in [2.05, 4.69) is 4.90 Å². The predicted octanol–water partition coefficient (Wildman–Crippen LogP) is 2.60. The highest BCUT2D eigenvalue weighted by Crippen LogP contribution is 2.42. The third-order valence-electron chi connectivity index (χ3n) is 6.03. The van der Waals surface area contributed by atoms with Gasteiger partial charge in [-0.3, -0.25) is 9.59 Å². The lowest BCUT2D eigenvalue weighted by molar-refractivity contribution is -0.146. The Labute approximate surface area is 155 Å². The summed E-state index contributed by atoms with van der Waals surface area (Å²) in [6.45, 7) is 3.03. The van der Waals surface area contributed by atoms with Gasteiger partial charge in [0, 0.05) is 37.5 Å². The average Bonchev–Trinajstić information content (AvgIpc) is 3.50. The first-order valence-electron chi connectivity index (χ1n) is 9.84. The number of hydrogen-bond acceptors (Lipinski definition) is 3. The zero-order chi connectivity index (χ0) is 18.0. The van der Waals surface area contributed by atoms with Crippen molar-refractivity contribution < 1.29 is 14.3 Å². The first kappa shape index (κ1) is 17.5. The molecule has 1 aliphatic carbocycles. The Hall–Kier alpha value is -1.88. The number of piperidine rings is 2. The number of carbonyl (C=O) groups excluding carboxylic acids is 2. The summed E-state index contributed by atoms with van der Waals surface area (Å²) < 4.78 is 5.64. The van der Waals surface area contributed by atoms with E-state index in [0.29, 0.717) is 25.0 Å². The van der Waals surface area contributed by atoms with Crippen LogP contribution in [0.4, 0.5) is 0 Å². The Morgan fingerprint density at radius 3 is 2.73 bits per heavy atom. The highest BCUT2D eigenvalue weighted by atomic mass is 16.5. The topological polar surface area (TPSA) is 49.9 Å². The molecule has 1 atom stereocenters. The molecule has 1 spiro atoms. The number of ether oxygens (including phenoxy) is 1. The van der Waals surface area contributed by atoms with Crippen LogP contribution in [0.25, 0.3) is 0 Å². The van der Waals surface area contributed by atoms with Crippen molar-refractivity contribution in [3.63, 3.8) is 0 Å². The van der Waals surface area contributed by atoms with Crippen LogP contribution in [0.3, 0.4) is 0 Å². The van der Waals surface area contributed by atoms with Crippen LogP contribution in [-0.4, -0.2) is 53.9 Å². The quantitative estimate of drug-likeness (QED) is 0.815. The van der Waals surface area contributed by atoms with E-state index in [9.17, 15) is 9.59 Å². The Morgan fingerprint density at radius 2 is 1.96 bits per heavy atom. The van der Waals surface area contributed by atoms with Crippen molar-refractivity contribution in [3.05, 3.63) is 35.9 Å². The molecule has 3 fully saturated rings. The molecule has 0 radical (unpaired) electrons. The number of rotatable bonds is 5. The Morgan fingerprint density at radius 1 is 1.15 bits per heavy atom. The minimum atomic E-state index is 0.0786. The summed E-state index contributed by atoms with van der Waals surface area (Å²) in [5.74, 6) is 0.391. The molecule has 2 saturated heterocycles. The molecule has 1 saturated carbocycles. The molecule has 26 heavy (non-hydrogen) atoms. The van der Waals surface area contributed by atoms with Crippen LogP contribution >= 0.6 is 0 Å². The summed E-state index contributed by atoms with van der Waals surface area (Å²) >= 11 is 0. The van der Waals surface area contributed by atoms with E-state index < -0.39 is 0 Å². The number of nitrogens with zero attached hydrogens (tertiary/aromatic N) is 2. The molecular formula is C21H28N2O3. The zero-order valence-electron chi connectivity index (χ0n) is 15.4. The SMILES string of the molecule is O=C(COCc1ccccc1)N1CCC[C@@]2(CCC(=O)N(C3CC3)C2)C1. The van der Waals surface area contributed by atoms with Gasteiger partial charge in [0.15, 0.2) is 0 Å². The van der Waals surface area contributed by atoms with Crippen LogP contribution in [0.2, 0.25) is 0 Å². The van der Waals surface area contributed by atoms with Crippen molar-refractivity contribution in [2.75, 3.05) is 26.2 Å². The fourth-order valence-electron chi connectivity index (χ4n) is 4.44. The second-order valence-electron chi connectivity index (χ2n) is 8.15. The average molecular weight is 356 g/mol. The van der Waals surface area contributed by atoms with Crippen LogP contribution in [-0.2, 0) is 20.9 Å². The molecule has 5 nitrogen and oxygen atoms in total. The normalized spacial score (nSPS) is 26.4. The van der Waals surface area contributed by atoms with Gasteiger partial charge in [0.1, 0.15) is 6.61 Å². The van der Waals surface area contributed by atoms with Crippen LogP contribution < -0.4 is 0 Å². The second-order valence-corrected chi connectivity index (χ2v) is 8.15. The van der Waals surface area contributed by atoms with Gasteiger partial charge >= 0.3 is 0 Å². The predicted molar refractivity (Wildman–Crippen MR) is 98.3 cm³/mol. The van der Waals surface area contributed by atoms with Crippen molar-refractivity contribution in [2.45, 2.75) is 51.2 Å². The van der Waals surface area contributed by atoms with E-state index in [1.165, 1.54) is 0 Å². The second kappa shape index (κ2) is 7.39.